The fraction of sp³-hybridized carbons (Fsp3) is 0. The highest BCUT2D eigenvalue weighted by Crippen LogP contribution is 2.25. The Morgan fingerprint density at radius 1 is 1.47 bits per heavy atom. The van der Waals surface area contributed by atoms with Gasteiger partial charge in [0.2, 0.25) is 0 Å². The van der Waals surface area contributed by atoms with Gasteiger partial charge in [0.25, 0.3) is 5.91 Å². The summed E-state index contributed by atoms with van der Waals surface area (Å²) in [4.78, 5) is 11.8. The SMILES string of the molecule is O=C1NC(=S)S/C1=C\c1cccc(F)c1. The molecule has 1 aromatic carbocycles. The fourth-order valence-corrected chi connectivity index (χ4v) is 2.21. The van der Waals surface area contributed by atoms with Gasteiger partial charge in [-0.2, -0.15) is 0 Å². The fourth-order valence-electron chi connectivity index (χ4n) is 1.17. The van der Waals surface area contributed by atoms with Crippen LogP contribution in [0.15, 0.2) is 29.2 Å². The van der Waals surface area contributed by atoms with Crippen molar-refractivity contribution < 1.29 is 9.18 Å². The summed E-state index contributed by atoms with van der Waals surface area (Å²) in [6, 6.07) is 6.04. The Kier molecular flexibility index (Phi) is 2.83. The number of carbonyl (C=O) groups excluding carboxylic acids is 1. The average Bonchev–Trinajstić information content (AvgIpc) is 2.45. The molecule has 2 rings (SSSR count). The predicted octanol–water partition coefficient (Wildman–Crippen LogP) is 2.31. The molecule has 1 amide bonds. The van der Waals surface area contributed by atoms with Crippen LogP contribution in [0.25, 0.3) is 6.08 Å². The van der Waals surface area contributed by atoms with E-state index >= 15 is 0 Å². The van der Waals surface area contributed by atoms with Crippen molar-refractivity contribution in [3.05, 3.63) is 40.6 Å². The number of thiocarbonyl (C=S) groups is 1. The molecule has 1 aliphatic rings. The van der Waals surface area contributed by atoms with E-state index < -0.39 is 0 Å². The molecule has 1 heterocycles. The normalized spacial score (nSPS) is 18.3. The first-order chi connectivity index (χ1) is 7.15. The topological polar surface area (TPSA) is 29.1 Å². The maximum absolute atomic E-state index is 12.9. The molecule has 1 aromatic rings. The van der Waals surface area contributed by atoms with Crippen molar-refractivity contribution in [3.63, 3.8) is 0 Å². The zero-order valence-corrected chi connectivity index (χ0v) is 9.12. The number of nitrogens with one attached hydrogen (secondary N) is 1. The highest BCUT2D eigenvalue weighted by Gasteiger charge is 2.21. The molecular formula is C10H6FNOS2. The monoisotopic (exact) mass is 239 g/mol. The number of carbonyl (C=O) groups is 1. The second-order valence-corrected chi connectivity index (χ2v) is 4.63. The van der Waals surface area contributed by atoms with Crippen molar-refractivity contribution in [2.24, 2.45) is 0 Å². The van der Waals surface area contributed by atoms with Crippen LogP contribution in [-0.4, -0.2) is 10.2 Å². The molecule has 76 valence electrons. The lowest BCUT2D eigenvalue weighted by Crippen LogP contribution is -2.17. The number of hydrogen-bond donors (Lipinski definition) is 1. The minimum atomic E-state index is -0.324. The zero-order valence-electron chi connectivity index (χ0n) is 7.49. The van der Waals surface area contributed by atoms with Gasteiger partial charge in [0, 0.05) is 0 Å². The van der Waals surface area contributed by atoms with Crippen LogP contribution in [0.1, 0.15) is 5.56 Å². The predicted molar refractivity (Wildman–Crippen MR) is 62.7 cm³/mol. The van der Waals surface area contributed by atoms with E-state index in [0.29, 0.717) is 14.8 Å². The Morgan fingerprint density at radius 3 is 2.87 bits per heavy atom. The zero-order chi connectivity index (χ0) is 10.8. The Balaban J connectivity index is 2.31. The first-order valence-electron chi connectivity index (χ1n) is 4.15. The van der Waals surface area contributed by atoms with Gasteiger partial charge < -0.3 is 5.32 Å². The summed E-state index contributed by atoms with van der Waals surface area (Å²) < 4.78 is 13.3. The van der Waals surface area contributed by atoms with E-state index in [1.54, 1.807) is 18.2 Å². The molecule has 0 unspecified atom stereocenters. The molecule has 0 bridgehead atoms. The largest absolute Gasteiger partial charge is 0.307 e. The summed E-state index contributed by atoms with van der Waals surface area (Å²) in [5, 5.41) is 2.50. The van der Waals surface area contributed by atoms with Gasteiger partial charge in [-0.15, -0.1) is 0 Å². The van der Waals surface area contributed by atoms with E-state index in [9.17, 15) is 9.18 Å². The summed E-state index contributed by atoms with van der Waals surface area (Å²) >= 11 is 6.02. The second kappa shape index (κ2) is 4.12. The molecule has 1 N–H and O–H groups in total. The number of thioether (sulfide) groups is 1. The van der Waals surface area contributed by atoms with Gasteiger partial charge in [-0.3, -0.25) is 4.79 Å². The molecule has 0 atom stereocenters. The molecule has 0 saturated carbocycles. The van der Waals surface area contributed by atoms with Crippen LogP contribution in [0, 0.1) is 5.82 Å². The number of hydrogen-bond acceptors (Lipinski definition) is 3. The van der Waals surface area contributed by atoms with Crippen LogP contribution in [-0.2, 0) is 4.79 Å². The van der Waals surface area contributed by atoms with Crippen molar-refractivity contribution in [3.8, 4) is 0 Å². The molecule has 1 fully saturated rings. The maximum Gasteiger partial charge on any atom is 0.263 e. The van der Waals surface area contributed by atoms with Crippen LogP contribution in [0.3, 0.4) is 0 Å². The van der Waals surface area contributed by atoms with Gasteiger partial charge in [-0.25, -0.2) is 4.39 Å². The van der Waals surface area contributed by atoms with Crippen LogP contribution in [0.2, 0.25) is 0 Å². The van der Waals surface area contributed by atoms with Gasteiger partial charge in [0.05, 0.1) is 4.91 Å². The van der Waals surface area contributed by atoms with Crippen molar-refractivity contribution in [1.29, 1.82) is 0 Å². The van der Waals surface area contributed by atoms with E-state index in [2.05, 4.69) is 5.32 Å². The van der Waals surface area contributed by atoms with E-state index in [4.69, 9.17) is 12.2 Å². The van der Waals surface area contributed by atoms with E-state index in [0.717, 1.165) is 0 Å². The quantitative estimate of drug-likeness (QED) is 0.602. The standard InChI is InChI=1S/C10H6FNOS2/c11-7-3-1-2-6(4-7)5-8-9(13)12-10(14)15-8/h1-5H,(H,12,13,14)/b8-5-. The maximum atomic E-state index is 12.9. The lowest BCUT2D eigenvalue weighted by molar-refractivity contribution is -0.115. The third kappa shape index (κ3) is 2.43. The smallest absolute Gasteiger partial charge is 0.263 e. The number of rotatable bonds is 1. The first-order valence-corrected chi connectivity index (χ1v) is 5.38. The van der Waals surface area contributed by atoms with Crippen LogP contribution >= 0.6 is 24.0 Å². The van der Waals surface area contributed by atoms with Crippen LogP contribution in [0.4, 0.5) is 4.39 Å². The number of amides is 1. The summed E-state index contributed by atoms with van der Waals surface area (Å²) in [6.45, 7) is 0. The molecule has 0 aromatic heterocycles. The minimum absolute atomic E-state index is 0.228. The number of benzene rings is 1. The van der Waals surface area contributed by atoms with Crippen LogP contribution in [0.5, 0.6) is 0 Å². The Morgan fingerprint density at radius 2 is 2.27 bits per heavy atom. The van der Waals surface area contributed by atoms with Crippen molar-refractivity contribution in [1.82, 2.24) is 5.32 Å². The van der Waals surface area contributed by atoms with Gasteiger partial charge in [0.1, 0.15) is 10.1 Å². The van der Waals surface area contributed by atoms with E-state index in [1.807, 2.05) is 0 Å². The molecule has 0 radical (unpaired) electrons. The summed E-state index contributed by atoms with van der Waals surface area (Å²) in [6.07, 6.45) is 1.61. The molecule has 2 nitrogen and oxygen atoms in total. The molecule has 0 aliphatic carbocycles. The molecule has 1 aliphatic heterocycles. The molecule has 1 saturated heterocycles. The van der Waals surface area contributed by atoms with Crippen molar-refractivity contribution in [2.45, 2.75) is 0 Å². The minimum Gasteiger partial charge on any atom is -0.307 e. The van der Waals surface area contributed by atoms with Crippen molar-refractivity contribution >= 4 is 40.3 Å². The van der Waals surface area contributed by atoms with Gasteiger partial charge in [-0.05, 0) is 23.8 Å². The summed E-state index contributed by atoms with van der Waals surface area (Å²) in [7, 11) is 0. The number of halogens is 1. The Hall–Kier alpha value is -1.20. The van der Waals surface area contributed by atoms with E-state index in [1.165, 1.54) is 23.9 Å². The highest BCUT2D eigenvalue weighted by molar-refractivity contribution is 8.26. The molecule has 0 spiro atoms. The summed E-state index contributed by atoms with van der Waals surface area (Å²) in [5.74, 6) is -0.551. The second-order valence-electron chi connectivity index (χ2n) is 2.91. The molecule has 15 heavy (non-hydrogen) atoms. The van der Waals surface area contributed by atoms with Gasteiger partial charge in [-0.1, -0.05) is 36.1 Å². The highest BCUT2D eigenvalue weighted by atomic mass is 32.2. The van der Waals surface area contributed by atoms with Gasteiger partial charge in [0.15, 0.2) is 0 Å². The molecule has 5 heteroatoms. The Labute approximate surface area is 95.6 Å². The lowest BCUT2D eigenvalue weighted by atomic mass is 10.2. The van der Waals surface area contributed by atoms with Crippen LogP contribution < -0.4 is 5.32 Å². The molecular weight excluding hydrogens is 233 g/mol. The van der Waals surface area contributed by atoms with Crippen molar-refractivity contribution in [2.75, 3.05) is 0 Å². The summed E-state index contributed by atoms with van der Waals surface area (Å²) in [5.41, 5.74) is 0.650. The lowest BCUT2D eigenvalue weighted by Gasteiger charge is -1.94. The van der Waals surface area contributed by atoms with E-state index in [-0.39, 0.29) is 11.7 Å². The third-order valence-corrected chi connectivity index (χ3v) is 2.95. The first kappa shape index (κ1) is 10.3. The Bertz CT molecular complexity index is 470. The third-order valence-electron chi connectivity index (χ3n) is 1.79. The van der Waals surface area contributed by atoms with Gasteiger partial charge >= 0.3 is 0 Å². The average molecular weight is 239 g/mol.